The highest BCUT2D eigenvalue weighted by atomic mass is 19.4. The number of halogens is 8. The summed E-state index contributed by atoms with van der Waals surface area (Å²) in [5.74, 6) is -4.03. The van der Waals surface area contributed by atoms with Crippen molar-refractivity contribution in [2.24, 2.45) is 5.92 Å². The third kappa shape index (κ3) is 5.50. The molecular formula is C27H18F8. The third-order valence-corrected chi connectivity index (χ3v) is 5.97. The Morgan fingerprint density at radius 3 is 2.06 bits per heavy atom. The molecule has 0 nitrogen and oxygen atoms in total. The summed E-state index contributed by atoms with van der Waals surface area (Å²) in [4.78, 5) is 0. The monoisotopic (exact) mass is 494 g/mol. The van der Waals surface area contributed by atoms with Crippen LogP contribution < -0.4 is 0 Å². The van der Waals surface area contributed by atoms with Gasteiger partial charge in [-0.15, -0.1) is 0 Å². The number of hydrogen-bond acceptors (Lipinski definition) is 0. The standard InChI is InChI=1S/C27H18F8/c28-20-13-18-12-17(14-23(31)25(18)26(32)19(20)8-9-27(33,34)35)24-21(29)10-16(11-22(24)30)7-6-15-4-2-1-3-5-15/h6-7,10-15H,1-5H2/b7-6+. The largest absolute Gasteiger partial charge is 0.458 e. The van der Waals surface area contributed by atoms with Crippen LogP contribution >= 0.6 is 0 Å². The molecule has 1 aliphatic carbocycles. The summed E-state index contributed by atoms with van der Waals surface area (Å²) < 4.78 is 110. The maximum Gasteiger partial charge on any atom is 0.458 e. The molecule has 1 aliphatic rings. The van der Waals surface area contributed by atoms with E-state index in [1.807, 2.05) is 6.08 Å². The van der Waals surface area contributed by atoms with E-state index in [9.17, 15) is 35.1 Å². The predicted molar refractivity (Wildman–Crippen MR) is 118 cm³/mol. The molecule has 4 rings (SSSR count). The molecular weight excluding hydrogens is 476 g/mol. The Morgan fingerprint density at radius 2 is 1.43 bits per heavy atom. The van der Waals surface area contributed by atoms with Crippen LogP contribution in [-0.2, 0) is 0 Å². The molecule has 3 aromatic rings. The second kappa shape index (κ2) is 9.73. The van der Waals surface area contributed by atoms with Crippen molar-refractivity contribution in [1.29, 1.82) is 0 Å². The van der Waals surface area contributed by atoms with Crippen molar-refractivity contribution in [1.82, 2.24) is 0 Å². The molecule has 1 saturated carbocycles. The van der Waals surface area contributed by atoms with Gasteiger partial charge in [0.1, 0.15) is 23.3 Å². The zero-order chi connectivity index (χ0) is 25.3. The Bertz CT molecular complexity index is 1340. The van der Waals surface area contributed by atoms with E-state index in [-0.39, 0.29) is 11.1 Å². The first-order valence-electron chi connectivity index (χ1n) is 10.9. The van der Waals surface area contributed by atoms with Gasteiger partial charge in [-0.3, -0.25) is 0 Å². The Morgan fingerprint density at radius 1 is 0.771 bits per heavy atom. The van der Waals surface area contributed by atoms with Gasteiger partial charge in [0.15, 0.2) is 5.82 Å². The summed E-state index contributed by atoms with van der Waals surface area (Å²) in [6.45, 7) is 0. The summed E-state index contributed by atoms with van der Waals surface area (Å²) in [5.41, 5.74) is -1.89. The minimum Gasteiger partial charge on any atom is -0.206 e. The number of benzene rings is 3. The molecule has 0 amide bonds. The van der Waals surface area contributed by atoms with E-state index in [0.717, 1.165) is 49.8 Å². The van der Waals surface area contributed by atoms with Gasteiger partial charge in [-0.1, -0.05) is 37.3 Å². The first-order valence-corrected chi connectivity index (χ1v) is 10.9. The van der Waals surface area contributed by atoms with Crippen LogP contribution in [0.1, 0.15) is 43.2 Å². The molecule has 0 radical (unpaired) electrons. The maximum absolute atomic E-state index is 14.9. The van der Waals surface area contributed by atoms with E-state index >= 15 is 0 Å². The normalized spacial score (nSPS) is 15.0. The van der Waals surface area contributed by atoms with E-state index in [1.54, 1.807) is 6.08 Å². The van der Waals surface area contributed by atoms with E-state index in [0.29, 0.717) is 18.1 Å². The first kappa shape index (κ1) is 24.8. The average molecular weight is 494 g/mol. The number of rotatable bonds is 3. The molecule has 1 fully saturated rings. The number of fused-ring (bicyclic) bond motifs is 1. The van der Waals surface area contributed by atoms with E-state index in [2.05, 4.69) is 0 Å². The lowest BCUT2D eigenvalue weighted by molar-refractivity contribution is -0.0696. The topological polar surface area (TPSA) is 0 Å². The molecule has 182 valence electrons. The molecule has 0 spiro atoms. The average Bonchev–Trinajstić information content (AvgIpc) is 2.76. The van der Waals surface area contributed by atoms with Crippen molar-refractivity contribution in [3.63, 3.8) is 0 Å². The molecule has 0 atom stereocenters. The van der Waals surface area contributed by atoms with Gasteiger partial charge < -0.3 is 0 Å². The highest BCUT2D eigenvalue weighted by Crippen LogP contribution is 2.34. The number of hydrogen-bond donors (Lipinski definition) is 0. The third-order valence-electron chi connectivity index (χ3n) is 5.97. The fourth-order valence-corrected chi connectivity index (χ4v) is 4.34. The maximum atomic E-state index is 14.9. The summed E-state index contributed by atoms with van der Waals surface area (Å²) >= 11 is 0. The molecule has 0 N–H and O–H groups in total. The molecule has 3 aromatic carbocycles. The van der Waals surface area contributed by atoms with Gasteiger partial charge in [0.25, 0.3) is 0 Å². The van der Waals surface area contributed by atoms with Gasteiger partial charge in [0, 0.05) is 5.92 Å². The molecule has 0 heterocycles. The van der Waals surface area contributed by atoms with E-state index in [4.69, 9.17) is 0 Å². The van der Waals surface area contributed by atoms with Crippen LogP contribution in [0.4, 0.5) is 35.1 Å². The zero-order valence-corrected chi connectivity index (χ0v) is 18.2. The smallest absolute Gasteiger partial charge is 0.206 e. The zero-order valence-electron chi connectivity index (χ0n) is 18.2. The van der Waals surface area contributed by atoms with Crippen LogP contribution in [0.15, 0.2) is 36.4 Å². The molecule has 0 aromatic heterocycles. The van der Waals surface area contributed by atoms with Crippen LogP contribution in [0.25, 0.3) is 28.0 Å². The summed E-state index contributed by atoms with van der Waals surface area (Å²) in [7, 11) is 0. The molecule has 0 aliphatic heterocycles. The summed E-state index contributed by atoms with van der Waals surface area (Å²) in [6.07, 6.45) is 3.90. The van der Waals surface area contributed by atoms with Crippen molar-refractivity contribution < 1.29 is 35.1 Å². The van der Waals surface area contributed by atoms with Crippen LogP contribution in [0.3, 0.4) is 0 Å². The summed E-state index contributed by atoms with van der Waals surface area (Å²) in [6, 6.07) is 4.34. The Kier molecular flexibility index (Phi) is 6.88. The first-order chi connectivity index (χ1) is 16.5. The highest BCUT2D eigenvalue weighted by Gasteiger charge is 2.25. The minimum atomic E-state index is -5.01. The molecule has 0 saturated heterocycles. The predicted octanol–water partition coefficient (Wildman–Crippen LogP) is 8.71. The second-order valence-electron chi connectivity index (χ2n) is 8.47. The van der Waals surface area contributed by atoms with Crippen molar-refractivity contribution in [2.75, 3.05) is 0 Å². The molecule has 35 heavy (non-hydrogen) atoms. The van der Waals surface area contributed by atoms with Crippen LogP contribution in [0.5, 0.6) is 0 Å². The lowest BCUT2D eigenvalue weighted by atomic mass is 9.88. The summed E-state index contributed by atoms with van der Waals surface area (Å²) in [5, 5.41) is -1.26. The van der Waals surface area contributed by atoms with Crippen molar-refractivity contribution in [3.8, 4) is 23.0 Å². The SMILES string of the molecule is Fc1cc2cc(-c3c(F)cc(/C=C/C4CCCCC4)cc3F)cc(F)c2c(F)c1C#CC(F)(F)F. The Labute approximate surface area is 196 Å². The van der Waals surface area contributed by atoms with E-state index in [1.165, 1.54) is 12.3 Å². The van der Waals surface area contributed by atoms with E-state index < -0.39 is 57.2 Å². The van der Waals surface area contributed by atoms with Gasteiger partial charge in [-0.05, 0) is 65.6 Å². The number of allylic oxidation sites excluding steroid dienone is 1. The fraction of sp³-hybridized carbons (Fsp3) is 0.259. The van der Waals surface area contributed by atoms with Gasteiger partial charge in [-0.25, -0.2) is 22.0 Å². The van der Waals surface area contributed by atoms with Gasteiger partial charge in [0.2, 0.25) is 0 Å². The van der Waals surface area contributed by atoms with Gasteiger partial charge in [-0.2, -0.15) is 13.2 Å². The molecule has 0 bridgehead atoms. The van der Waals surface area contributed by atoms with Crippen molar-refractivity contribution in [3.05, 3.63) is 76.6 Å². The van der Waals surface area contributed by atoms with Gasteiger partial charge >= 0.3 is 6.18 Å². The van der Waals surface area contributed by atoms with Crippen molar-refractivity contribution in [2.45, 2.75) is 38.3 Å². The van der Waals surface area contributed by atoms with Crippen LogP contribution in [0.2, 0.25) is 0 Å². The van der Waals surface area contributed by atoms with Crippen LogP contribution in [-0.4, -0.2) is 6.18 Å². The van der Waals surface area contributed by atoms with Crippen molar-refractivity contribution >= 4 is 16.8 Å². The Hall–Kier alpha value is -3.34. The molecule has 0 unspecified atom stereocenters. The highest BCUT2D eigenvalue weighted by molar-refractivity contribution is 5.90. The Balaban J connectivity index is 1.74. The minimum absolute atomic E-state index is 0.278. The molecule has 8 heteroatoms. The number of alkyl halides is 3. The quantitative estimate of drug-likeness (QED) is 0.252. The fourth-order valence-electron chi connectivity index (χ4n) is 4.34. The van der Waals surface area contributed by atoms with Crippen LogP contribution in [0, 0.1) is 46.8 Å². The van der Waals surface area contributed by atoms with Gasteiger partial charge in [0.05, 0.1) is 16.5 Å². The second-order valence-corrected chi connectivity index (χ2v) is 8.47. The lowest BCUT2D eigenvalue weighted by Gasteiger charge is -2.17. The lowest BCUT2D eigenvalue weighted by Crippen LogP contribution is -2.03.